The number of carbonyl (C=O) groups is 1. The SMILES string of the molecule is C[Si](C)(C)CCOCN1C(=O)NC2=COc3ccccc3C21. The molecule has 1 aromatic carbocycles. The topological polar surface area (TPSA) is 50.8 Å². The van der Waals surface area contributed by atoms with Crippen LogP contribution in [0.2, 0.25) is 25.7 Å². The molecule has 118 valence electrons. The highest BCUT2D eigenvalue weighted by molar-refractivity contribution is 6.76. The molecule has 2 amide bonds. The molecule has 0 saturated carbocycles. The molecular formula is C16H22N2O3Si. The lowest BCUT2D eigenvalue weighted by Crippen LogP contribution is -2.33. The van der Waals surface area contributed by atoms with Crippen LogP contribution in [0.4, 0.5) is 4.79 Å². The highest BCUT2D eigenvalue weighted by Gasteiger charge is 2.40. The van der Waals surface area contributed by atoms with E-state index in [4.69, 9.17) is 9.47 Å². The zero-order valence-corrected chi connectivity index (χ0v) is 14.3. The average Bonchev–Trinajstić information content (AvgIpc) is 2.79. The molecule has 0 spiro atoms. The van der Waals surface area contributed by atoms with E-state index in [9.17, 15) is 4.79 Å². The summed E-state index contributed by atoms with van der Waals surface area (Å²) in [5.41, 5.74) is 1.77. The lowest BCUT2D eigenvalue weighted by molar-refractivity contribution is 0.0491. The highest BCUT2D eigenvalue weighted by atomic mass is 28.3. The first-order valence-electron chi connectivity index (χ1n) is 7.57. The first kappa shape index (κ1) is 15.1. The number of para-hydroxylation sites is 1. The Bertz CT molecular complexity index is 610. The Hall–Kier alpha value is -1.79. The lowest BCUT2D eigenvalue weighted by atomic mass is 10.0. The van der Waals surface area contributed by atoms with Gasteiger partial charge in [-0.15, -0.1) is 0 Å². The van der Waals surface area contributed by atoms with Gasteiger partial charge in [-0.3, -0.25) is 4.90 Å². The number of urea groups is 1. The number of hydrogen-bond acceptors (Lipinski definition) is 3. The molecule has 2 aliphatic rings. The molecule has 2 heterocycles. The second kappa shape index (κ2) is 5.77. The Kier molecular flexibility index (Phi) is 3.97. The van der Waals surface area contributed by atoms with Crippen molar-refractivity contribution in [2.75, 3.05) is 13.3 Å². The number of benzene rings is 1. The molecule has 0 bridgehead atoms. The number of hydrogen-bond donors (Lipinski definition) is 1. The highest BCUT2D eigenvalue weighted by Crippen LogP contribution is 2.40. The van der Waals surface area contributed by atoms with Crippen LogP contribution in [-0.2, 0) is 4.74 Å². The Labute approximate surface area is 131 Å². The first-order chi connectivity index (χ1) is 10.5. The molecule has 1 fully saturated rings. The smallest absolute Gasteiger partial charge is 0.324 e. The number of nitrogens with one attached hydrogen (secondary N) is 1. The van der Waals surface area contributed by atoms with E-state index in [0.717, 1.165) is 23.1 Å². The minimum absolute atomic E-state index is 0.135. The van der Waals surface area contributed by atoms with E-state index in [-0.39, 0.29) is 12.1 Å². The van der Waals surface area contributed by atoms with Gasteiger partial charge in [0.15, 0.2) is 0 Å². The number of carbonyl (C=O) groups excluding carboxylic acids is 1. The van der Waals surface area contributed by atoms with Gasteiger partial charge in [0, 0.05) is 20.2 Å². The van der Waals surface area contributed by atoms with Gasteiger partial charge in [0.05, 0.1) is 5.70 Å². The minimum Gasteiger partial charge on any atom is -0.463 e. The number of amides is 2. The Balaban J connectivity index is 1.70. The van der Waals surface area contributed by atoms with Crippen molar-refractivity contribution >= 4 is 14.1 Å². The summed E-state index contributed by atoms with van der Waals surface area (Å²) in [6, 6.07) is 8.61. The van der Waals surface area contributed by atoms with E-state index >= 15 is 0 Å². The molecule has 22 heavy (non-hydrogen) atoms. The molecule has 2 aliphatic heterocycles. The molecule has 5 nitrogen and oxygen atoms in total. The summed E-state index contributed by atoms with van der Waals surface area (Å²) in [6.07, 6.45) is 1.62. The van der Waals surface area contributed by atoms with Crippen molar-refractivity contribution in [2.45, 2.75) is 31.7 Å². The van der Waals surface area contributed by atoms with Crippen LogP contribution in [0.15, 0.2) is 36.2 Å². The van der Waals surface area contributed by atoms with Gasteiger partial charge in [-0.1, -0.05) is 37.8 Å². The fraction of sp³-hybridized carbons (Fsp3) is 0.438. The predicted octanol–water partition coefficient (Wildman–Crippen LogP) is 3.30. The molecule has 6 heteroatoms. The zero-order valence-electron chi connectivity index (χ0n) is 13.3. The Morgan fingerprint density at radius 2 is 2.09 bits per heavy atom. The fourth-order valence-corrected chi connectivity index (χ4v) is 3.35. The van der Waals surface area contributed by atoms with Crippen molar-refractivity contribution in [3.63, 3.8) is 0 Å². The van der Waals surface area contributed by atoms with Gasteiger partial charge < -0.3 is 14.8 Å². The third-order valence-electron chi connectivity index (χ3n) is 3.87. The monoisotopic (exact) mass is 318 g/mol. The average molecular weight is 318 g/mol. The number of ether oxygens (including phenoxy) is 2. The molecule has 1 atom stereocenters. The molecule has 0 aliphatic carbocycles. The van der Waals surface area contributed by atoms with Crippen molar-refractivity contribution in [3.8, 4) is 5.75 Å². The van der Waals surface area contributed by atoms with E-state index in [2.05, 4.69) is 25.0 Å². The van der Waals surface area contributed by atoms with E-state index < -0.39 is 8.07 Å². The quantitative estimate of drug-likeness (QED) is 0.669. The van der Waals surface area contributed by atoms with Crippen LogP contribution >= 0.6 is 0 Å². The van der Waals surface area contributed by atoms with Gasteiger partial charge >= 0.3 is 6.03 Å². The van der Waals surface area contributed by atoms with Crippen LogP contribution in [-0.4, -0.2) is 32.3 Å². The molecule has 1 aromatic rings. The number of rotatable bonds is 5. The molecule has 1 N–H and O–H groups in total. The maximum absolute atomic E-state index is 12.2. The van der Waals surface area contributed by atoms with Gasteiger partial charge in [-0.25, -0.2) is 4.79 Å². The minimum atomic E-state index is -1.12. The van der Waals surface area contributed by atoms with Crippen LogP contribution in [0.5, 0.6) is 5.75 Å². The molecular weight excluding hydrogens is 296 g/mol. The summed E-state index contributed by atoms with van der Waals surface area (Å²) in [4.78, 5) is 13.9. The van der Waals surface area contributed by atoms with Crippen LogP contribution in [0.1, 0.15) is 11.6 Å². The van der Waals surface area contributed by atoms with Crippen molar-refractivity contribution < 1.29 is 14.3 Å². The van der Waals surface area contributed by atoms with Crippen LogP contribution in [0.25, 0.3) is 0 Å². The number of nitrogens with zero attached hydrogens (tertiary/aromatic N) is 1. The summed E-state index contributed by atoms with van der Waals surface area (Å²) in [5.74, 6) is 0.792. The van der Waals surface area contributed by atoms with Gasteiger partial charge in [0.1, 0.15) is 24.8 Å². The van der Waals surface area contributed by atoms with Crippen molar-refractivity contribution in [1.29, 1.82) is 0 Å². The van der Waals surface area contributed by atoms with Crippen LogP contribution < -0.4 is 10.1 Å². The third-order valence-corrected chi connectivity index (χ3v) is 5.58. The summed E-state index contributed by atoms with van der Waals surface area (Å²) < 4.78 is 11.3. The zero-order chi connectivity index (χ0) is 15.7. The summed E-state index contributed by atoms with van der Waals surface area (Å²) in [6.45, 7) is 7.94. The van der Waals surface area contributed by atoms with Crippen molar-refractivity contribution in [3.05, 3.63) is 41.8 Å². The molecule has 0 aromatic heterocycles. The van der Waals surface area contributed by atoms with Gasteiger partial charge in [0.2, 0.25) is 0 Å². The Morgan fingerprint density at radius 3 is 2.86 bits per heavy atom. The van der Waals surface area contributed by atoms with Crippen molar-refractivity contribution in [2.24, 2.45) is 0 Å². The summed E-state index contributed by atoms with van der Waals surface area (Å²) in [5, 5.41) is 2.86. The predicted molar refractivity (Wildman–Crippen MR) is 87.2 cm³/mol. The van der Waals surface area contributed by atoms with E-state index in [1.54, 1.807) is 11.2 Å². The third kappa shape index (κ3) is 3.03. The Morgan fingerprint density at radius 1 is 1.32 bits per heavy atom. The van der Waals surface area contributed by atoms with Gasteiger partial charge in [-0.2, -0.15) is 0 Å². The van der Waals surface area contributed by atoms with E-state index in [0.29, 0.717) is 13.3 Å². The van der Waals surface area contributed by atoms with E-state index in [1.807, 2.05) is 24.3 Å². The largest absolute Gasteiger partial charge is 0.463 e. The summed E-state index contributed by atoms with van der Waals surface area (Å²) >= 11 is 0. The first-order valence-corrected chi connectivity index (χ1v) is 11.3. The van der Waals surface area contributed by atoms with Crippen LogP contribution in [0.3, 0.4) is 0 Å². The van der Waals surface area contributed by atoms with Crippen LogP contribution in [0, 0.1) is 0 Å². The normalized spacial score (nSPS) is 20.0. The fourth-order valence-electron chi connectivity index (χ4n) is 2.59. The second-order valence-electron chi connectivity index (χ2n) is 6.88. The molecule has 1 unspecified atom stereocenters. The standard InChI is InChI=1S/C16H22N2O3Si/c1-22(2,3)9-8-20-11-18-15-12-6-4-5-7-14(12)21-10-13(15)17-16(18)19/h4-7,10,15H,8-9,11H2,1-3H3,(H,17,19). The van der Waals surface area contributed by atoms with E-state index in [1.165, 1.54) is 0 Å². The molecule has 0 radical (unpaired) electrons. The lowest BCUT2D eigenvalue weighted by Gasteiger charge is -2.27. The maximum Gasteiger partial charge on any atom is 0.324 e. The second-order valence-corrected chi connectivity index (χ2v) is 12.5. The van der Waals surface area contributed by atoms with Gasteiger partial charge in [-0.05, 0) is 12.1 Å². The molecule has 1 saturated heterocycles. The summed E-state index contributed by atoms with van der Waals surface area (Å²) in [7, 11) is -1.12. The molecule has 3 rings (SSSR count). The maximum atomic E-state index is 12.2. The van der Waals surface area contributed by atoms with Gasteiger partial charge in [0.25, 0.3) is 0 Å². The number of fused-ring (bicyclic) bond motifs is 3. The van der Waals surface area contributed by atoms with Crippen molar-refractivity contribution in [1.82, 2.24) is 10.2 Å².